The number of H-pyrrole nitrogens is 1. The van der Waals surface area contributed by atoms with Gasteiger partial charge < -0.3 is 10.3 Å². The van der Waals surface area contributed by atoms with Crippen molar-refractivity contribution in [3.8, 4) is 21.0 Å². The summed E-state index contributed by atoms with van der Waals surface area (Å²) >= 11 is 10.4. The summed E-state index contributed by atoms with van der Waals surface area (Å²) in [6.45, 7) is 4.34. The third kappa shape index (κ3) is 4.64. The van der Waals surface area contributed by atoms with Crippen LogP contribution in [-0.2, 0) is 6.42 Å². The second-order valence-corrected chi connectivity index (χ2v) is 12.3. The van der Waals surface area contributed by atoms with Crippen LogP contribution in [0.5, 0.6) is 0 Å². The first-order valence-corrected chi connectivity index (χ1v) is 12.8. The van der Waals surface area contributed by atoms with E-state index in [2.05, 4.69) is 68.1 Å². The van der Waals surface area contributed by atoms with E-state index >= 15 is 0 Å². The zero-order valence-corrected chi connectivity index (χ0v) is 21.3. The Labute approximate surface area is 200 Å². The van der Waals surface area contributed by atoms with Crippen LogP contribution in [0.15, 0.2) is 62.2 Å². The molecule has 0 atom stereocenters. The van der Waals surface area contributed by atoms with Crippen molar-refractivity contribution in [2.45, 2.75) is 20.3 Å². The van der Waals surface area contributed by atoms with E-state index in [1.807, 2.05) is 42.5 Å². The zero-order valence-electron chi connectivity index (χ0n) is 16.5. The van der Waals surface area contributed by atoms with Gasteiger partial charge in [0.15, 0.2) is 0 Å². The Morgan fingerprint density at radius 1 is 0.967 bits per heavy atom. The fraction of sp³-hybridized carbons (Fsp3) is 0.174. The number of halogens is 2. The quantitative estimate of drug-likeness (QED) is 0.243. The van der Waals surface area contributed by atoms with Crippen molar-refractivity contribution >= 4 is 66.1 Å². The van der Waals surface area contributed by atoms with Crippen molar-refractivity contribution in [3.05, 3.63) is 73.4 Å². The molecule has 3 aromatic heterocycles. The maximum atomic E-state index is 13.5. The molecule has 30 heavy (non-hydrogen) atoms. The molecule has 0 saturated carbocycles. The van der Waals surface area contributed by atoms with Crippen molar-refractivity contribution in [2.75, 3.05) is 5.32 Å². The molecule has 0 radical (unpaired) electrons. The van der Waals surface area contributed by atoms with Gasteiger partial charge in [-0.1, -0.05) is 32.0 Å². The lowest BCUT2D eigenvalue weighted by Gasteiger charge is -2.10. The predicted octanol–water partition coefficient (Wildman–Crippen LogP) is 8.45. The third-order valence-electron chi connectivity index (χ3n) is 4.59. The van der Waals surface area contributed by atoms with E-state index in [4.69, 9.17) is 0 Å². The molecule has 0 aliphatic rings. The minimum Gasteiger partial charge on any atom is -0.357 e. The molecule has 0 spiro atoms. The molecule has 0 bridgehead atoms. The van der Waals surface area contributed by atoms with E-state index in [1.165, 1.54) is 0 Å². The molecule has 154 valence electrons. The van der Waals surface area contributed by atoms with E-state index in [0.29, 0.717) is 5.92 Å². The van der Waals surface area contributed by atoms with Crippen LogP contribution in [0.25, 0.3) is 21.0 Å². The van der Waals surface area contributed by atoms with E-state index in [9.17, 15) is 4.79 Å². The molecule has 1 amide bonds. The van der Waals surface area contributed by atoms with Gasteiger partial charge in [0.1, 0.15) is 0 Å². The molecule has 0 aliphatic heterocycles. The van der Waals surface area contributed by atoms with Gasteiger partial charge in [0.05, 0.1) is 23.7 Å². The van der Waals surface area contributed by atoms with Crippen LogP contribution in [0.1, 0.15) is 29.9 Å². The molecule has 3 nitrogen and oxygen atoms in total. The molecule has 1 aromatic carbocycles. The highest BCUT2D eigenvalue weighted by molar-refractivity contribution is 9.11. The SMILES string of the molecule is CC(C)Cc1[nH]c(-c2ccc(Br)s2)c(-c2ccc(Br)s2)c1C(=O)Nc1ccccc1. The second kappa shape index (κ2) is 9.22. The summed E-state index contributed by atoms with van der Waals surface area (Å²) in [5.41, 5.74) is 4.44. The Hall–Kier alpha value is -1.67. The minimum absolute atomic E-state index is 0.0884. The fourth-order valence-corrected chi connectivity index (χ4v) is 6.24. The summed E-state index contributed by atoms with van der Waals surface area (Å²) in [7, 11) is 0. The van der Waals surface area contributed by atoms with Gasteiger partial charge in [0, 0.05) is 21.8 Å². The van der Waals surface area contributed by atoms with Crippen LogP contribution < -0.4 is 5.32 Å². The lowest BCUT2D eigenvalue weighted by molar-refractivity contribution is 0.102. The van der Waals surface area contributed by atoms with Crippen molar-refractivity contribution in [1.29, 1.82) is 0 Å². The number of rotatable bonds is 6. The van der Waals surface area contributed by atoms with Crippen LogP contribution in [-0.4, -0.2) is 10.9 Å². The van der Waals surface area contributed by atoms with Gasteiger partial charge in [0.25, 0.3) is 5.91 Å². The van der Waals surface area contributed by atoms with E-state index in [-0.39, 0.29) is 5.91 Å². The van der Waals surface area contributed by atoms with Crippen molar-refractivity contribution in [2.24, 2.45) is 5.92 Å². The molecule has 0 unspecified atom stereocenters. The van der Waals surface area contributed by atoms with Crippen LogP contribution in [0.3, 0.4) is 0 Å². The summed E-state index contributed by atoms with van der Waals surface area (Å²) in [6, 6.07) is 17.8. The summed E-state index contributed by atoms with van der Waals surface area (Å²) in [4.78, 5) is 19.3. The minimum atomic E-state index is -0.0884. The van der Waals surface area contributed by atoms with Gasteiger partial charge >= 0.3 is 0 Å². The zero-order chi connectivity index (χ0) is 21.3. The first kappa shape index (κ1) is 21.6. The largest absolute Gasteiger partial charge is 0.357 e. The lowest BCUT2D eigenvalue weighted by Crippen LogP contribution is -2.15. The Morgan fingerprint density at radius 3 is 2.17 bits per heavy atom. The molecule has 0 saturated heterocycles. The van der Waals surface area contributed by atoms with Gasteiger partial charge in [-0.15, -0.1) is 22.7 Å². The van der Waals surface area contributed by atoms with Gasteiger partial charge in [-0.25, -0.2) is 0 Å². The van der Waals surface area contributed by atoms with Crippen LogP contribution >= 0.6 is 54.5 Å². The van der Waals surface area contributed by atoms with Gasteiger partial charge in [-0.2, -0.15) is 0 Å². The van der Waals surface area contributed by atoms with Crippen LogP contribution in [0.2, 0.25) is 0 Å². The number of anilines is 1. The molecular weight excluding hydrogens is 544 g/mol. The standard InChI is InChI=1S/C23H20Br2N2OS2/c1-13(2)12-15-20(23(28)26-14-6-4-3-5-7-14)21(16-8-10-18(24)29-16)22(27-15)17-9-11-19(25)30-17/h3-11,13,27H,12H2,1-2H3,(H,26,28). The summed E-state index contributed by atoms with van der Waals surface area (Å²) < 4.78 is 2.10. The fourth-order valence-electron chi connectivity index (χ4n) is 3.41. The molecule has 2 N–H and O–H groups in total. The highest BCUT2D eigenvalue weighted by atomic mass is 79.9. The van der Waals surface area contributed by atoms with Crippen molar-refractivity contribution in [1.82, 2.24) is 4.98 Å². The number of carbonyl (C=O) groups is 1. The maximum absolute atomic E-state index is 13.5. The third-order valence-corrected chi connectivity index (χ3v) is 7.87. The number of hydrogen-bond acceptors (Lipinski definition) is 3. The highest BCUT2D eigenvalue weighted by Crippen LogP contribution is 2.44. The molecule has 0 fully saturated rings. The molecule has 4 aromatic rings. The Bertz CT molecular complexity index is 1180. The first-order valence-electron chi connectivity index (χ1n) is 9.55. The molecule has 0 aliphatic carbocycles. The summed E-state index contributed by atoms with van der Waals surface area (Å²) in [6.07, 6.45) is 0.795. The van der Waals surface area contributed by atoms with Crippen molar-refractivity contribution < 1.29 is 4.79 Å². The molecular formula is C23H20Br2N2OS2. The number of amides is 1. The van der Waals surface area contributed by atoms with E-state index in [1.54, 1.807) is 22.7 Å². The van der Waals surface area contributed by atoms with Gasteiger partial charge in [-0.3, -0.25) is 4.79 Å². The number of nitrogens with one attached hydrogen (secondary N) is 2. The normalized spacial score (nSPS) is 11.2. The Kier molecular flexibility index (Phi) is 6.63. The second-order valence-electron chi connectivity index (χ2n) is 7.35. The molecule has 7 heteroatoms. The lowest BCUT2D eigenvalue weighted by atomic mass is 10.00. The monoisotopic (exact) mass is 562 g/mol. The van der Waals surface area contributed by atoms with Crippen LogP contribution in [0.4, 0.5) is 5.69 Å². The number of carbonyl (C=O) groups excluding carboxylic acids is 1. The topological polar surface area (TPSA) is 44.9 Å². The maximum Gasteiger partial charge on any atom is 0.258 e. The predicted molar refractivity (Wildman–Crippen MR) is 136 cm³/mol. The summed E-state index contributed by atoms with van der Waals surface area (Å²) in [5.74, 6) is 0.326. The Balaban J connectivity index is 1.91. The highest BCUT2D eigenvalue weighted by Gasteiger charge is 2.27. The van der Waals surface area contributed by atoms with Gasteiger partial charge in [0.2, 0.25) is 0 Å². The number of para-hydroxylation sites is 1. The Morgan fingerprint density at radius 2 is 1.60 bits per heavy atom. The van der Waals surface area contributed by atoms with Crippen molar-refractivity contribution in [3.63, 3.8) is 0 Å². The number of aromatic amines is 1. The number of benzene rings is 1. The van der Waals surface area contributed by atoms with E-state index < -0.39 is 0 Å². The average molecular weight is 564 g/mol. The van der Waals surface area contributed by atoms with E-state index in [0.717, 1.165) is 52.0 Å². The molecule has 4 rings (SSSR count). The van der Waals surface area contributed by atoms with Crippen LogP contribution in [0, 0.1) is 5.92 Å². The first-order chi connectivity index (χ1) is 14.4. The average Bonchev–Trinajstić information content (AvgIpc) is 3.40. The molecule has 3 heterocycles. The summed E-state index contributed by atoms with van der Waals surface area (Å²) in [5, 5.41) is 3.09. The number of aromatic nitrogens is 1. The number of thiophene rings is 2. The van der Waals surface area contributed by atoms with Gasteiger partial charge in [-0.05, 0) is 80.6 Å². The number of hydrogen-bond donors (Lipinski definition) is 2. The smallest absolute Gasteiger partial charge is 0.258 e.